The van der Waals surface area contributed by atoms with E-state index in [1.54, 1.807) is 34.8 Å². The second kappa shape index (κ2) is 16.9. The third kappa shape index (κ3) is 10.5. The van der Waals surface area contributed by atoms with E-state index in [0.29, 0.717) is 25.7 Å². The zero-order valence-corrected chi connectivity index (χ0v) is 24.6. The van der Waals surface area contributed by atoms with Crippen molar-refractivity contribution in [2.75, 3.05) is 26.7 Å². The molecule has 0 spiro atoms. The molecule has 0 radical (unpaired) electrons. The summed E-state index contributed by atoms with van der Waals surface area (Å²) >= 11 is 0. The van der Waals surface area contributed by atoms with E-state index in [9.17, 15) is 19.2 Å². The van der Waals surface area contributed by atoms with Gasteiger partial charge in [-0.1, -0.05) is 44.2 Å². The molecule has 0 bridgehead atoms. The number of rotatable bonds is 15. The number of hydrogen-bond donors (Lipinski definition) is 4. The highest BCUT2D eigenvalue weighted by Gasteiger charge is 2.32. The van der Waals surface area contributed by atoms with Gasteiger partial charge in [0.2, 0.25) is 5.91 Å². The summed E-state index contributed by atoms with van der Waals surface area (Å²) in [6, 6.07) is 6.97. The molecule has 40 heavy (non-hydrogen) atoms. The van der Waals surface area contributed by atoms with Crippen molar-refractivity contribution in [1.29, 1.82) is 0 Å². The molecule has 0 unspecified atom stereocenters. The molecule has 0 saturated carbocycles. The molecule has 222 valence electrons. The second-order valence-electron chi connectivity index (χ2n) is 10.7. The average Bonchev–Trinajstić information content (AvgIpc) is 2.95. The van der Waals surface area contributed by atoms with Gasteiger partial charge in [-0.15, -0.1) is 0 Å². The molecule has 6 atom stereocenters. The summed E-state index contributed by atoms with van der Waals surface area (Å²) in [7, 11) is 1.55. The fourth-order valence-electron chi connectivity index (χ4n) is 4.44. The van der Waals surface area contributed by atoms with Crippen molar-refractivity contribution in [2.24, 2.45) is 11.8 Å². The first kappa shape index (κ1) is 33.1. The highest BCUT2D eigenvalue weighted by atomic mass is 16.6. The molecule has 2 amide bonds. The molecule has 10 nitrogen and oxygen atoms in total. The summed E-state index contributed by atoms with van der Waals surface area (Å²) in [6.07, 6.45) is 4.51. The van der Waals surface area contributed by atoms with Crippen LogP contribution in [0.4, 0.5) is 0 Å². The number of carbonyl (C=O) groups is 4. The molecule has 1 aliphatic heterocycles. The Morgan fingerprint density at radius 2 is 1.85 bits per heavy atom. The van der Waals surface area contributed by atoms with E-state index in [1.807, 2.05) is 43.3 Å². The van der Waals surface area contributed by atoms with Crippen LogP contribution in [0.25, 0.3) is 6.08 Å². The number of methoxy groups -OCH3 is 1. The minimum Gasteiger partial charge on any atom is -0.452 e. The molecule has 1 aliphatic rings. The lowest BCUT2D eigenvalue weighted by molar-refractivity contribution is -0.166. The van der Waals surface area contributed by atoms with E-state index in [1.165, 1.54) is 0 Å². The first-order valence-corrected chi connectivity index (χ1v) is 14.1. The Hall–Kier alpha value is -3.08. The van der Waals surface area contributed by atoms with Crippen LogP contribution in [0.1, 0.15) is 64.6 Å². The summed E-state index contributed by atoms with van der Waals surface area (Å²) in [5, 5.41) is 12.1. The average molecular weight is 559 g/mol. The first-order chi connectivity index (χ1) is 19.1. The Kier molecular flexibility index (Phi) is 14.0. The second-order valence-corrected chi connectivity index (χ2v) is 10.7. The number of aldehydes is 1. The Morgan fingerprint density at radius 3 is 2.48 bits per heavy atom. The normalized spacial score (nSPS) is 19.3. The fraction of sp³-hybridized carbons (Fsp3) is 0.600. The monoisotopic (exact) mass is 558 g/mol. The minimum atomic E-state index is -0.996. The van der Waals surface area contributed by atoms with E-state index >= 15 is 0 Å². The van der Waals surface area contributed by atoms with E-state index in [0.717, 1.165) is 24.2 Å². The minimum absolute atomic E-state index is 0.0187. The zero-order valence-electron chi connectivity index (χ0n) is 24.6. The number of carbonyl (C=O) groups excluding carboxylic acids is 4. The van der Waals surface area contributed by atoms with Gasteiger partial charge in [0.15, 0.2) is 6.10 Å². The van der Waals surface area contributed by atoms with Crippen molar-refractivity contribution in [3.05, 3.63) is 41.5 Å². The number of amides is 2. The lowest BCUT2D eigenvalue weighted by Gasteiger charge is -2.26. The fourth-order valence-corrected chi connectivity index (χ4v) is 4.44. The molecule has 0 aromatic heterocycles. The summed E-state index contributed by atoms with van der Waals surface area (Å²) in [4.78, 5) is 48.7. The Bertz CT molecular complexity index is 1010. The lowest BCUT2D eigenvalue weighted by atomic mass is 9.99. The van der Waals surface area contributed by atoms with Gasteiger partial charge in [-0.05, 0) is 56.7 Å². The van der Waals surface area contributed by atoms with Crippen molar-refractivity contribution < 1.29 is 28.7 Å². The molecule has 0 aliphatic carbocycles. The third-order valence-corrected chi connectivity index (χ3v) is 6.97. The van der Waals surface area contributed by atoms with Crippen LogP contribution in [-0.2, 0) is 28.7 Å². The summed E-state index contributed by atoms with van der Waals surface area (Å²) in [5.74, 6) is -1.88. The maximum atomic E-state index is 12.8. The maximum Gasteiger partial charge on any atom is 0.312 e. The predicted molar refractivity (Wildman–Crippen MR) is 154 cm³/mol. The lowest BCUT2D eigenvalue weighted by Crippen LogP contribution is -2.55. The zero-order chi connectivity index (χ0) is 29.7. The van der Waals surface area contributed by atoms with Gasteiger partial charge in [-0.2, -0.15) is 0 Å². The smallest absolute Gasteiger partial charge is 0.312 e. The van der Waals surface area contributed by atoms with Gasteiger partial charge in [-0.3, -0.25) is 14.4 Å². The highest BCUT2D eigenvalue weighted by Crippen LogP contribution is 2.20. The molecule has 4 N–H and O–H groups in total. The topological polar surface area (TPSA) is 135 Å². The molecule has 1 heterocycles. The number of ether oxygens (including phenoxy) is 2. The Balaban J connectivity index is 1.90. The standard InChI is InChI=1S/C30H46N4O6/c1-19(2)27(29(37)33-20(3)18-35)40-30(38)21(4)26(39-6)13-8-7-10-23-11-9-12-24(16-23)22(5)34-28(36)25-17-31-14-15-32-25/h7,9-12,16,18-22,25-27,31-32H,8,13-15,17H2,1-6H3,(H,33,37)(H,34,36)/b10-7+/t20-,21+,22+,25-,26+,27-/m0/s1. The van der Waals surface area contributed by atoms with Crippen molar-refractivity contribution >= 4 is 30.1 Å². The molecular formula is C30H46N4O6. The molecule has 1 aromatic carbocycles. The van der Waals surface area contributed by atoms with Crippen molar-refractivity contribution in [1.82, 2.24) is 21.3 Å². The van der Waals surface area contributed by atoms with Crippen LogP contribution in [0.3, 0.4) is 0 Å². The number of hydrogen-bond acceptors (Lipinski definition) is 8. The molecule has 1 saturated heterocycles. The van der Waals surface area contributed by atoms with Gasteiger partial charge < -0.3 is 35.5 Å². The van der Waals surface area contributed by atoms with Gasteiger partial charge in [-0.25, -0.2) is 0 Å². The highest BCUT2D eigenvalue weighted by molar-refractivity contribution is 5.86. The molecular weight excluding hydrogens is 512 g/mol. The van der Waals surface area contributed by atoms with Crippen LogP contribution in [0.15, 0.2) is 30.3 Å². The van der Waals surface area contributed by atoms with E-state index < -0.39 is 36.0 Å². The van der Waals surface area contributed by atoms with E-state index in [4.69, 9.17) is 9.47 Å². The SMILES string of the molecule is CO[C@H](CC/C=C/c1cccc([C@@H](C)NC(=O)[C@@H]2CNCCN2)c1)[C@@H](C)C(=O)O[C@H](C(=O)N[C@@H](C)C=O)C(C)C. The van der Waals surface area contributed by atoms with Crippen LogP contribution in [0, 0.1) is 11.8 Å². The maximum absolute atomic E-state index is 12.8. The van der Waals surface area contributed by atoms with Crippen molar-refractivity contribution in [2.45, 2.75) is 77.8 Å². The third-order valence-electron chi connectivity index (χ3n) is 6.97. The first-order valence-electron chi connectivity index (χ1n) is 14.1. The summed E-state index contributed by atoms with van der Waals surface area (Å²) in [6.45, 7) is 11.1. The van der Waals surface area contributed by atoms with Crippen LogP contribution < -0.4 is 21.3 Å². The van der Waals surface area contributed by atoms with Gasteiger partial charge >= 0.3 is 5.97 Å². The van der Waals surface area contributed by atoms with Crippen LogP contribution >= 0.6 is 0 Å². The number of nitrogens with one attached hydrogen (secondary N) is 4. The number of esters is 1. The van der Waals surface area contributed by atoms with Crippen LogP contribution in [0.2, 0.25) is 0 Å². The largest absolute Gasteiger partial charge is 0.452 e. The molecule has 2 rings (SSSR count). The van der Waals surface area contributed by atoms with Gasteiger partial charge in [0, 0.05) is 26.7 Å². The van der Waals surface area contributed by atoms with Gasteiger partial charge in [0.25, 0.3) is 5.91 Å². The van der Waals surface area contributed by atoms with Gasteiger partial charge in [0.1, 0.15) is 6.29 Å². The van der Waals surface area contributed by atoms with E-state index in [2.05, 4.69) is 21.3 Å². The van der Waals surface area contributed by atoms with E-state index in [-0.39, 0.29) is 23.9 Å². The Morgan fingerprint density at radius 1 is 1.10 bits per heavy atom. The quantitative estimate of drug-likeness (QED) is 0.190. The van der Waals surface area contributed by atoms with Crippen LogP contribution in [-0.4, -0.2) is 75.1 Å². The Labute approximate surface area is 238 Å². The van der Waals surface area contributed by atoms with Crippen LogP contribution in [0.5, 0.6) is 0 Å². The summed E-state index contributed by atoms with van der Waals surface area (Å²) in [5.41, 5.74) is 2.02. The number of piperazine rings is 1. The van der Waals surface area contributed by atoms with Crippen molar-refractivity contribution in [3.63, 3.8) is 0 Å². The van der Waals surface area contributed by atoms with Crippen molar-refractivity contribution in [3.8, 4) is 0 Å². The molecule has 1 aromatic rings. The molecule has 10 heteroatoms. The van der Waals surface area contributed by atoms with Gasteiger partial charge in [0.05, 0.1) is 30.1 Å². The molecule has 1 fully saturated rings. The number of allylic oxidation sites excluding steroid dienone is 1. The summed E-state index contributed by atoms with van der Waals surface area (Å²) < 4.78 is 11.1. The number of benzene rings is 1. The predicted octanol–water partition coefficient (Wildman–Crippen LogP) is 2.14.